The summed E-state index contributed by atoms with van der Waals surface area (Å²) in [4.78, 5) is 23.2. The predicted molar refractivity (Wildman–Crippen MR) is 78.3 cm³/mol. The van der Waals surface area contributed by atoms with Gasteiger partial charge in [-0.15, -0.1) is 11.3 Å². The van der Waals surface area contributed by atoms with Crippen LogP contribution in [0.3, 0.4) is 0 Å². The van der Waals surface area contributed by atoms with Crippen molar-refractivity contribution in [3.63, 3.8) is 0 Å². The number of thiophene rings is 1. The Labute approximate surface area is 124 Å². The maximum absolute atomic E-state index is 11.6. The molecule has 0 radical (unpaired) electrons. The number of carbonyl (C=O) groups is 2. The molecule has 0 spiro atoms. The summed E-state index contributed by atoms with van der Waals surface area (Å²) < 4.78 is 1.03. The lowest BCUT2D eigenvalue weighted by Crippen LogP contribution is -2.38. The Morgan fingerprint density at radius 3 is 2.68 bits per heavy atom. The van der Waals surface area contributed by atoms with Crippen molar-refractivity contribution in [3.05, 3.63) is 20.8 Å². The van der Waals surface area contributed by atoms with Crippen molar-refractivity contribution in [2.75, 3.05) is 6.54 Å². The zero-order valence-corrected chi connectivity index (χ0v) is 13.0. The maximum Gasteiger partial charge on any atom is 0.315 e. The Hall–Kier alpha value is -1.08. The van der Waals surface area contributed by atoms with Crippen molar-refractivity contribution < 1.29 is 14.7 Å². The van der Waals surface area contributed by atoms with Crippen molar-refractivity contribution in [1.82, 2.24) is 10.6 Å². The fraction of sp³-hybridized carbons (Fsp3) is 0.500. The summed E-state index contributed by atoms with van der Waals surface area (Å²) in [6, 6.07) is 3.60. The number of rotatable bonds is 7. The number of nitrogens with one attached hydrogen (secondary N) is 2. The number of carboxylic acid groups (broad SMARTS) is 1. The van der Waals surface area contributed by atoms with Gasteiger partial charge >= 0.3 is 12.0 Å². The zero-order valence-electron chi connectivity index (χ0n) is 10.6. The number of amides is 2. The molecule has 7 heteroatoms. The van der Waals surface area contributed by atoms with Crippen LogP contribution in [0.25, 0.3) is 0 Å². The van der Waals surface area contributed by atoms with E-state index in [9.17, 15) is 9.59 Å². The van der Waals surface area contributed by atoms with Crippen molar-refractivity contribution in [2.24, 2.45) is 5.92 Å². The number of hydrogen-bond donors (Lipinski definition) is 3. The van der Waals surface area contributed by atoms with Crippen LogP contribution in [-0.2, 0) is 11.3 Å². The Bertz CT molecular complexity index is 436. The van der Waals surface area contributed by atoms with E-state index in [2.05, 4.69) is 26.6 Å². The number of carbonyl (C=O) groups excluding carboxylic acids is 1. The molecule has 0 fully saturated rings. The van der Waals surface area contributed by atoms with E-state index in [-0.39, 0.29) is 18.4 Å². The number of aliphatic carboxylic acids is 1. The average Bonchev–Trinajstić information content (AvgIpc) is 2.77. The molecule has 0 bridgehead atoms. The molecule has 1 rings (SSSR count). The van der Waals surface area contributed by atoms with Gasteiger partial charge in [0.05, 0.1) is 10.3 Å². The molecule has 0 aromatic carbocycles. The zero-order chi connectivity index (χ0) is 14.3. The van der Waals surface area contributed by atoms with Crippen LogP contribution in [0, 0.1) is 5.92 Å². The van der Waals surface area contributed by atoms with E-state index in [1.807, 2.05) is 19.1 Å². The molecule has 1 heterocycles. The second kappa shape index (κ2) is 8.16. The van der Waals surface area contributed by atoms with Crippen LogP contribution < -0.4 is 10.6 Å². The molecule has 0 aliphatic heterocycles. The summed E-state index contributed by atoms with van der Waals surface area (Å²) in [6.07, 6.45) is 0.805. The molecule has 5 nitrogen and oxygen atoms in total. The van der Waals surface area contributed by atoms with Crippen LogP contribution in [0.15, 0.2) is 15.9 Å². The van der Waals surface area contributed by atoms with Crippen molar-refractivity contribution in [3.8, 4) is 0 Å². The van der Waals surface area contributed by atoms with Gasteiger partial charge in [-0.25, -0.2) is 4.79 Å². The van der Waals surface area contributed by atoms with Crippen LogP contribution in [0.4, 0.5) is 4.79 Å². The normalized spacial score (nSPS) is 11.9. The van der Waals surface area contributed by atoms with Gasteiger partial charge in [0.15, 0.2) is 0 Å². The third-order valence-corrected chi connectivity index (χ3v) is 4.27. The molecule has 106 valence electrons. The molecule has 0 aliphatic carbocycles. The number of carboxylic acids is 1. The molecular weight excluding hydrogens is 332 g/mol. The summed E-state index contributed by atoms with van der Waals surface area (Å²) >= 11 is 4.92. The number of hydrogen-bond acceptors (Lipinski definition) is 3. The average molecular weight is 349 g/mol. The Kier molecular flexibility index (Phi) is 6.86. The van der Waals surface area contributed by atoms with E-state index in [0.717, 1.165) is 15.1 Å². The molecule has 1 aromatic rings. The van der Waals surface area contributed by atoms with Crippen molar-refractivity contribution >= 4 is 39.3 Å². The van der Waals surface area contributed by atoms with Crippen molar-refractivity contribution in [2.45, 2.75) is 26.3 Å². The minimum absolute atomic E-state index is 0.0286. The standard InChI is InChI=1S/C12H17BrN2O3S/c1-2-8(5-11(16)17)6-14-12(18)15-7-9-3-4-10(13)19-9/h3-4,8H,2,5-7H2,1H3,(H,16,17)(H2,14,15,18). The highest BCUT2D eigenvalue weighted by atomic mass is 79.9. The van der Waals surface area contributed by atoms with Crippen LogP contribution in [0.2, 0.25) is 0 Å². The first-order valence-corrected chi connectivity index (χ1v) is 7.60. The fourth-order valence-electron chi connectivity index (χ4n) is 1.52. The summed E-state index contributed by atoms with van der Waals surface area (Å²) in [7, 11) is 0. The molecule has 0 saturated heterocycles. The summed E-state index contributed by atoms with van der Waals surface area (Å²) in [6.45, 7) is 2.76. The van der Waals surface area contributed by atoms with Crippen LogP contribution in [-0.4, -0.2) is 23.7 Å². The molecule has 2 amide bonds. The lowest BCUT2D eigenvalue weighted by Gasteiger charge is -2.13. The monoisotopic (exact) mass is 348 g/mol. The number of urea groups is 1. The smallest absolute Gasteiger partial charge is 0.315 e. The van der Waals surface area contributed by atoms with Crippen LogP contribution in [0.5, 0.6) is 0 Å². The summed E-state index contributed by atoms with van der Waals surface area (Å²) in [5, 5.41) is 14.1. The van der Waals surface area contributed by atoms with E-state index in [0.29, 0.717) is 13.1 Å². The van der Waals surface area contributed by atoms with Gasteiger partial charge in [0.25, 0.3) is 0 Å². The highest BCUT2D eigenvalue weighted by Crippen LogP contribution is 2.21. The summed E-state index contributed by atoms with van der Waals surface area (Å²) in [5.41, 5.74) is 0. The summed E-state index contributed by atoms with van der Waals surface area (Å²) in [5.74, 6) is -0.864. The SMILES string of the molecule is CCC(CNC(=O)NCc1ccc(Br)s1)CC(=O)O. The lowest BCUT2D eigenvalue weighted by molar-refractivity contribution is -0.138. The third-order valence-electron chi connectivity index (χ3n) is 2.64. The number of halogens is 1. The van der Waals surface area contributed by atoms with Gasteiger partial charge in [0.2, 0.25) is 0 Å². The van der Waals surface area contributed by atoms with Crippen LogP contribution in [0.1, 0.15) is 24.6 Å². The van der Waals surface area contributed by atoms with Gasteiger partial charge in [-0.2, -0.15) is 0 Å². The molecule has 1 aromatic heterocycles. The molecule has 0 aliphatic rings. The highest BCUT2D eigenvalue weighted by molar-refractivity contribution is 9.11. The first-order valence-electron chi connectivity index (χ1n) is 5.99. The minimum Gasteiger partial charge on any atom is -0.481 e. The minimum atomic E-state index is -0.836. The first-order chi connectivity index (χ1) is 9.01. The van der Waals surface area contributed by atoms with Gasteiger partial charge in [-0.3, -0.25) is 4.79 Å². The molecule has 1 atom stereocenters. The Morgan fingerprint density at radius 2 is 2.16 bits per heavy atom. The topological polar surface area (TPSA) is 78.4 Å². The second-order valence-electron chi connectivity index (χ2n) is 4.14. The van der Waals surface area contributed by atoms with E-state index in [4.69, 9.17) is 5.11 Å². The lowest BCUT2D eigenvalue weighted by atomic mass is 10.0. The predicted octanol–water partition coefficient (Wildman–Crippen LogP) is 2.81. The molecule has 0 saturated carbocycles. The fourth-order valence-corrected chi connectivity index (χ4v) is 2.94. The third kappa shape index (κ3) is 6.58. The van der Waals surface area contributed by atoms with Crippen molar-refractivity contribution in [1.29, 1.82) is 0 Å². The van der Waals surface area contributed by atoms with Gasteiger partial charge in [-0.1, -0.05) is 13.3 Å². The molecular formula is C12H17BrN2O3S. The molecule has 19 heavy (non-hydrogen) atoms. The van der Waals surface area contributed by atoms with E-state index >= 15 is 0 Å². The van der Waals surface area contributed by atoms with Gasteiger partial charge in [0, 0.05) is 17.8 Å². The van der Waals surface area contributed by atoms with Crippen LogP contribution >= 0.6 is 27.3 Å². The highest BCUT2D eigenvalue weighted by Gasteiger charge is 2.12. The first kappa shape index (κ1) is 16.0. The van der Waals surface area contributed by atoms with Gasteiger partial charge < -0.3 is 15.7 Å². The van der Waals surface area contributed by atoms with Gasteiger partial charge in [0.1, 0.15) is 0 Å². The Morgan fingerprint density at radius 1 is 1.42 bits per heavy atom. The van der Waals surface area contributed by atoms with E-state index < -0.39 is 5.97 Å². The molecule has 1 unspecified atom stereocenters. The molecule has 3 N–H and O–H groups in total. The quantitative estimate of drug-likeness (QED) is 0.708. The largest absolute Gasteiger partial charge is 0.481 e. The maximum atomic E-state index is 11.6. The van der Waals surface area contributed by atoms with E-state index in [1.165, 1.54) is 0 Å². The van der Waals surface area contributed by atoms with Gasteiger partial charge in [-0.05, 0) is 34.0 Å². The second-order valence-corrected chi connectivity index (χ2v) is 6.69. The Balaban J connectivity index is 2.25. The van der Waals surface area contributed by atoms with E-state index in [1.54, 1.807) is 11.3 Å².